The van der Waals surface area contributed by atoms with Crippen LogP contribution in [0.4, 0.5) is 5.69 Å². The van der Waals surface area contributed by atoms with Crippen LogP contribution in [0.25, 0.3) is 0 Å². The monoisotopic (exact) mass is 416 g/mol. The van der Waals surface area contributed by atoms with E-state index in [0.29, 0.717) is 11.3 Å². The van der Waals surface area contributed by atoms with Crippen molar-refractivity contribution in [3.05, 3.63) is 59.7 Å². The molecule has 0 aliphatic carbocycles. The summed E-state index contributed by atoms with van der Waals surface area (Å²) in [7, 11) is -3.73. The maximum Gasteiger partial charge on any atom is 0.240 e. The first-order valence-corrected chi connectivity index (χ1v) is 11.3. The van der Waals surface area contributed by atoms with Gasteiger partial charge in [0.2, 0.25) is 15.9 Å². The molecule has 2 aromatic carbocycles. The van der Waals surface area contributed by atoms with E-state index in [2.05, 4.69) is 17.0 Å². The number of ketones is 1. The lowest BCUT2D eigenvalue weighted by Crippen LogP contribution is -2.27. The average molecular weight is 417 g/mol. The summed E-state index contributed by atoms with van der Waals surface area (Å²) < 4.78 is 26.9. The van der Waals surface area contributed by atoms with Gasteiger partial charge in [-0.3, -0.25) is 9.59 Å². The molecule has 0 aliphatic heterocycles. The molecule has 0 spiro atoms. The molecule has 0 aromatic heterocycles. The van der Waals surface area contributed by atoms with Crippen LogP contribution in [0.1, 0.15) is 55.5 Å². The largest absolute Gasteiger partial charge is 0.326 e. The van der Waals surface area contributed by atoms with Crippen molar-refractivity contribution in [1.29, 1.82) is 0 Å². The Morgan fingerprint density at radius 2 is 1.59 bits per heavy atom. The van der Waals surface area contributed by atoms with Crippen molar-refractivity contribution >= 4 is 27.4 Å². The molecule has 0 atom stereocenters. The van der Waals surface area contributed by atoms with Crippen molar-refractivity contribution in [3.8, 4) is 0 Å². The van der Waals surface area contributed by atoms with Crippen molar-refractivity contribution in [3.63, 3.8) is 0 Å². The van der Waals surface area contributed by atoms with E-state index in [4.69, 9.17) is 0 Å². The van der Waals surface area contributed by atoms with Gasteiger partial charge in [-0.15, -0.1) is 0 Å². The molecule has 6 nitrogen and oxygen atoms in total. The molecular formula is C22H28N2O4S. The summed E-state index contributed by atoms with van der Waals surface area (Å²) in [5, 5.41) is 2.77. The number of nitrogens with one attached hydrogen (secondary N) is 2. The van der Waals surface area contributed by atoms with Crippen molar-refractivity contribution < 1.29 is 18.0 Å². The van der Waals surface area contributed by atoms with Gasteiger partial charge in [-0.25, -0.2) is 13.1 Å². The van der Waals surface area contributed by atoms with E-state index in [1.54, 1.807) is 0 Å². The number of unbranched alkanes of at least 4 members (excludes halogenated alkanes) is 2. The smallest absolute Gasteiger partial charge is 0.240 e. The number of hydrogen-bond donors (Lipinski definition) is 2. The number of amides is 1. The van der Waals surface area contributed by atoms with Gasteiger partial charge in [0.1, 0.15) is 0 Å². The summed E-state index contributed by atoms with van der Waals surface area (Å²) in [4.78, 5) is 23.4. The van der Waals surface area contributed by atoms with Crippen LogP contribution in [-0.2, 0) is 21.2 Å². The highest BCUT2D eigenvalue weighted by Gasteiger charge is 2.14. The van der Waals surface area contributed by atoms with Gasteiger partial charge in [-0.2, -0.15) is 0 Å². The van der Waals surface area contributed by atoms with Crippen molar-refractivity contribution in [1.82, 2.24) is 4.72 Å². The summed E-state index contributed by atoms with van der Waals surface area (Å²) >= 11 is 0. The van der Waals surface area contributed by atoms with Gasteiger partial charge in [0.05, 0.1) is 4.90 Å². The number of rotatable bonds is 11. The minimum atomic E-state index is -3.73. The second kappa shape index (κ2) is 10.9. The Labute approximate surface area is 172 Å². The second-order valence-electron chi connectivity index (χ2n) is 6.93. The van der Waals surface area contributed by atoms with Gasteiger partial charge in [-0.05, 0) is 49.6 Å². The number of carbonyl (C=O) groups excluding carboxylic acids is 2. The summed E-state index contributed by atoms with van der Waals surface area (Å²) in [6.07, 6.45) is 4.58. The molecule has 2 aromatic rings. The van der Waals surface area contributed by atoms with Crippen LogP contribution in [0.5, 0.6) is 0 Å². The molecule has 0 saturated heterocycles. The number of anilines is 1. The summed E-state index contributed by atoms with van der Waals surface area (Å²) in [6, 6.07) is 13.4. The second-order valence-corrected chi connectivity index (χ2v) is 8.70. The van der Waals surface area contributed by atoms with Crippen LogP contribution in [0, 0.1) is 0 Å². The highest BCUT2D eigenvalue weighted by molar-refractivity contribution is 7.89. The maximum atomic E-state index is 12.3. The average Bonchev–Trinajstić information content (AvgIpc) is 2.69. The molecule has 0 bridgehead atoms. The van der Waals surface area contributed by atoms with Gasteiger partial charge >= 0.3 is 0 Å². The standard InChI is InChI=1S/C22H28N2O4S/c1-3-4-5-6-18-7-11-20(12-8-18)24-22(26)15-16-23-29(27,28)21-13-9-19(10-14-21)17(2)25/h7-14,23H,3-6,15-16H2,1-2H3,(H,24,26). The zero-order chi connectivity index (χ0) is 21.3. The summed E-state index contributed by atoms with van der Waals surface area (Å²) in [6.45, 7) is 3.57. The molecule has 2 rings (SSSR count). The normalized spacial score (nSPS) is 11.2. The fourth-order valence-corrected chi connectivity index (χ4v) is 3.84. The third-order valence-electron chi connectivity index (χ3n) is 4.52. The highest BCUT2D eigenvalue weighted by Crippen LogP contribution is 2.13. The zero-order valence-electron chi connectivity index (χ0n) is 16.9. The molecule has 156 valence electrons. The van der Waals surface area contributed by atoms with Gasteiger partial charge in [-0.1, -0.05) is 44.0 Å². The molecule has 0 fully saturated rings. The van der Waals surface area contributed by atoms with Crippen LogP contribution < -0.4 is 10.0 Å². The van der Waals surface area contributed by atoms with Crippen LogP contribution in [0.15, 0.2) is 53.4 Å². The Kier molecular flexibility index (Phi) is 8.54. The minimum absolute atomic E-state index is 0.0161. The van der Waals surface area contributed by atoms with E-state index in [1.807, 2.05) is 24.3 Å². The van der Waals surface area contributed by atoms with E-state index in [1.165, 1.54) is 49.6 Å². The maximum absolute atomic E-state index is 12.3. The van der Waals surface area contributed by atoms with Crippen LogP contribution in [0.3, 0.4) is 0 Å². The quantitative estimate of drug-likeness (QED) is 0.429. The molecule has 0 unspecified atom stereocenters. The lowest BCUT2D eigenvalue weighted by atomic mass is 10.1. The topological polar surface area (TPSA) is 92.3 Å². The van der Waals surface area contributed by atoms with Gasteiger partial charge < -0.3 is 5.32 Å². The number of hydrogen-bond acceptors (Lipinski definition) is 4. The fourth-order valence-electron chi connectivity index (χ4n) is 2.81. The molecule has 29 heavy (non-hydrogen) atoms. The molecule has 0 radical (unpaired) electrons. The SMILES string of the molecule is CCCCCc1ccc(NC(=O)CCNS(=O)(=O)c2ccc(C(C)=O)cc2)cc1. The van der Waals surface area contributed by atoms with E-state index in [9.17, 15) is 18.0 Å². The lowest BCUT2D eigenvalue weighted by Gasteiger charge is -2.09. The van der Waals surface area contributed by atoms with E-state index >= 15 is 0 Å². The Morgan fingerprint density at radius 1 is 0.931 bits per heavy atom. The van der Waals surface area contributed by atoms with Crippen molar-refractivity contribution in [2.75, 3.05) is 11.9 Å². The third-order valence-corrected chi connectivity index (χ3v) is 6.00. The number of Topliss-reactive ketones (excluding diaryl/α,β-unsaturated/α-hetero) is 1. The lowest BCUT2D eigenvalue weighted by molar-refractivity contribution is -0.116. The van der Waals surface area contributed by atoms with Gasteiger partial charge in [0, 0.05) is 24.2 Å². The third kappa shape index (κ3) is 7.44. The minimum Gasteiger partial charge on any atom is -0.326 e. The highest BCUT2D eigenvalue weighted by atomic mass is 32.2. The van der Waals surface area contributed by atoms with Crippen LogP contribution >= 0.6 is 0 Å². The molecule has 7 heteroatoms. The van der Waals surface area contributed by atoms with Gasteiger partial charge in [0.15, 0.2) is 5.78 Å². The summed E-state index contributed by atoms with van der Waals surface area (Å²) in [5.74, 6) is -0.397. The van der Waals surface area contributed by atoms with Gasteiger partial charge in [0.25, 0.3) is 0 Å². The number of carbonyl (C=O) groups is 2. The van der Waals surface area contributed by atoms with E-state index in [0.717, 1.165) is 12.8 Å². The first-order chi connectivity index (χ1) is 13.8. The Hall–Kier alpha value is -2.51. The Bertz CT molecular complexity index is 920. The van der Waals surface area contributed by atoms with Crippen molar-refractivity contribution in [2.45, 2.75) is 50.8 Å². The first-order valence-electron chi connectivity index (χ1n) is 9.81. The zero-order valence-corrected chi connectivity index (χ0v) is 17.7. The molecule has 1 amide bonds. The Morgan fingerprint density at radius 3 is 2.17 bits per heavy atom. The predicted molar refractivity (Wildman–Crippen MR) is 115 cm³/mol. The number of benzene rings is 2. The predicted octanol–water partition coefficient (Wildman–Crippen LogP) is 3.93. The number of sulfonamides is 1. The van der Waals surface area contributed by atoms with Crippen LogP contribution in [0.2, 0.25) is 0 Å². The molecular weight excluding hydrogens is 388 g/mol. The number of aryl methyl sites for hydroxylation is 1. The summed E-state index contributed by atoms with van der Waals surface area (Å²) in [5.41, 5.74) is 2.37. The van der Waals surface area contributed by atoms with Crippen molar-refractivity contribution in [2.24, 2.45) is 0 Å². The molecule has 2 N–H and O–H groups in total. The first kappa shape index (κ1) is 22.8. The van der Waals surface area contributed by atoms with Crippen LogP contribution in [-0.4, -0.2) is 26.7 Å². The molecule has 0 heterocycles. The van der Waals surface area contributed by atoms with E-state index in [-0.39, 0.29) is 29.6 Å². The molecule has 0 saturated carbocycles. The molecule has 0 aliphatic rings. The van der Waals surface area contributed by atoms with E-state index < -0.39 is 10.0 Å². The Balaban J connectivity index is 1.80. The fraction of sp³-hybridized carbons (Fsp3) is 0.364.